The van der Waals surface area contributed by atoms with Crippen molar-refractivity contribution < 1.29 is 4.74 Å². The lowest BCUT2D eigenvalue weighted by molar-refractivity contribution is -0.00525. The van der Waals surface area contributed by atoms with Crippen molar-refractivity contribution >= 4 is 14.5 Å². The van der Waals surface area contributed by atoms with Crippen LogP contribution in [-0.4, -0.2) is 34.1 Å². The molecule has 2 saturated heterocycles. The van der Waals surface area contributed by atoms with E-state index in [4.69, 9.17) is 4.74 Å². The van der Waals surface area contributed by atoms with Crippen LogP contribution < -0.4 is 4.90 Å². The van der Waals surface area contributed by atoms with E-state index >= 15 is 0 Å². The van der Waals surface area contributed by atoms with Crippen LogP contribution in [0.5, 0.6) is 0 Å². The van der Waals surface area contributed by atoms with Crippen LogP contribution in [0.15, 0.2) is 12.1 Å². The van der Waals surface area contributed by atoms with Gasteiger partial charge in [-0.05, 0) is 57.4 Å². The van der Waals surface area contributed by atoms with E-state index in [1.54, 1.807) is 12.1 Å². The molecule has 2 atom stereocenters. The van der Waals surface area contributed by atoms with Gasteiger partial charge in [-0.15, -0.1) is 0 Å². The third-order valence-electron chi connectivity index (χ3n) is 5.50. The number of benzene rings is 1. The zero-order valence-corrected chi connectivity index (χ0v) is 17.6. The minimum atomic E-state index is 0.207. The fourth-order valence-electron chi connectivity index (χ4n) is 3.81. The zero-order valence-electron chi connectivity index (χ0n) is 16.6. The molecule has 2 heterocycles. The van der Waals surface area contributed by atoms with E-state index in [9.17, 15) is 0 Å². The van der Waals surface area contributed by atoms with Crippen LogP contribution in [0.3, 0.4) is 0 Å². The van der Waals surface area contributed by atoms with E-state index in [0.717, 1.165) is 13.1 Å². The molecule has 24 heavy (non-hydrogen) atoms. The fraction of sp³-hybridized carbons (Fsp3) is 0.714. The van der Waals surface area contributed by atoms with E-state index in [2.05, 4.69) is 58.2 Å². The molecule has 0 amide bonds. The van der Waals surface area contributed by atoms with Crippen LogP contribution in [0.25, 0.3) is 0 Å². The van der Waals surface area contributed by atoms with Crippen molar-refractivity contribution in [1.82, 2.24) is 0 Å². The van der Waals surface area contributed by atoms with Crippen LogP contribution in [0.2, 0.25) is 18.6 Å². The standard InChI is InChI=1S/C15H23NO.C6H13Si/c1-10-6-7-15(14(5)13(10)4)16-8-11(2)17-12(3)9-16;1-7-5-3-2-4-6-7/h6-7,11-12H,8-9H2,1-5H3;2-6H2,1H3. The highest BCUT2D eigenvalue weighted by atomic mass is 28.3. The van der Waals surface area contributed by atoms with Gasteiger partial charge in [0.2, 0.25) is 0 Å². The molecule has 3 rings (SSSR count). The highest BCUT2D eigenvalue weighted by Crippen LogP contribution is 2.27. The second-order valence-electron chi connectivity index (χ2n) is 7.83. The summed E-state index contributed by atoms with van der Waals surface area (Å²) in [4.78, 5) is 2.46. The van der Waals surface area contributed by atoms with Gasteiger partial charge in [0.25, 0.3) is 0 Å². The number of aryl methyl sites for hydroxylation is 1. The molecule has 2 unspecified atom stereocenters. The minimum absolute atomic E-state index is 0.207. The summed E-state index contributed by atoms with van der Waals surface area (Å²) in [6, 6.07) is 7.65. The predicted octanol–water partition coefficient (Wildman–Crippen LogP) is 5.52. The molecule has 3 heteroatoms. The molecule has 0 N–H and O–H groups in total. The van der Waals surface area contributed by atoms with Gasteiger partial charge < -0.3 is 9.64 Å². The first-order valence-corrected chi connectivity index (χ1v) is 12.1. The number of hydrogen-bond acceptors (Lipinski definition) is 2. The first-order chi connectivity index (χ1) is 11.4. The Hall–Kier alpha value is -0.803. The molecule has 0 spiro atoms. The van der Waals surface area contributed by atoms with Gasteiger partial charge in [0.1, 0.15) is 0 Å². The van der Waals surface area contributed by atoms with Crippen LogP contribution in [0.4, 0.5) is 5.69 Å². The Morgan fingerprint density at radius 3 is 2.00 bits per heavy atom. The lowest BCUT2D eigenvalue weighted by atomic mass is 10.0. The van der Waals surface area contributed by atoms with Gasteiger partial charge in [0.05, 0.1) is 12.2 Å². The fourth-order valence-corrected chi connectivity index (χ4v) is 5.77. The van der Waals surface area contributed by atoms with Gasteiger partial charge in [0, 0.05) is 27.6 Å². The molecule has 1 aromatic carbocycles. The van der Waals surface area contributed by atoms with Crippen LogP contribution in [-0.2, 0) is 4.74 Å². The third-order valence-corrected chi connectivity index (χ3v) is 7.91. The van der Waals surface area contributed by atoms with Crippen molar-refractivity contribution in [2.45, 2.75) is 84.7 Å². The normalized spacial score (nSPS) is 25.2. The molecule has 2 aliphatic heterocycles. The molecule has 0 aliphatic carbocycles. The van der Waals surface area contributed by atoms with Gasteiger partial charge in [-0.3, -0.25) is 0 Å². The number of ether oxygens (including phenoxy) is 1. The van der Waals surface area contributed by atoms with Crippen LogP contribution in [0, 0.1) is 20.8 Å². The number of anilines is 1. The first kappa shape index (κ1) is 19.5. The van der Waals surface area contributed by atoms with Crippen molar-refractivity contribution in [3.05, 3.63) is 28.8 Å². The number of rotatable bonds is 1. The molecular weight excluding hydrogens is 310 g/mol. The number of morpholine rings is 1. The molecule has 0 saturated carbocycles. The Morgan fingerprint density at radius 2 is 1.50 bits per heavy atom. The third kappa shape index (κ3) is 5.35. The van der Waals surface area contributed by atoms with E-state index in [0.29, 0.717) is 12.2 Å². The van der Waals surface area contributed by atoms with Crippen molar-refractivity contribution in [2.75, 3.05) is 18.0 Å². The van der Waals surface area contributed by atoms with Crippen LogP contribution in [0.1, 0.15) is 49.8 Å². The van der Waals surface area contributed by atoms with E-state index in [1.807, 2.05) is 0 Å². The minimum Gasteiger partial charge on any atom is -0.372 e. The Morgan fingerprint density at radius 1 is 0.917 bits per heavy atom. The summed E-state index contributed by atoms with van der Waals surface area (Å²) in [7, 11) is 0.207. The van der Waals surface area contributed by atoms with E-state index in [-0.39, 0.29) is 8.80 Å². The smallest absolute Gasteiger partial charge is 0.0726 e. The zero-order chi connectivity index (χ0) is 17.7. The maximum Gasteiger partial charge on any atom is 0.0726 e. The first-order valence-electron chi connectivity index (χ1n) is 9.67. The lowest BCUT2D eigenvalue weighted by Crippen LogP contribution is -2.45. The number of nitrogens with zero attached hydrogens (tertiary/aromatic N) is 1. The quantitative estimate of drug-likeness (QED) is 0.621. The average Bonchev–Trinajstić information content (AvgIpc) is 2.53. The lowest BCUT2D eigenvalue weighted by Gasteiger charge is -2.38. The summed E-state index contributed by atoms with van der Waals surface area (Å²) in [5.41, 5.74) is 5.57. The second kappa shape index (κ2) is 9.05. The molecule has 2 fully saturated rings. The molecule has 2 nitrogen and oxygen atoms in total. The van der Waals surface area contributed by atoms with Gasteiger partial charge in [-0.25, -0.2) is 0 Å². The average molecular weight is 347 g/mol. The molecule has 1 aromatic rings. The summed E-state index contributed by atoms with van der Waals surface area (Å²) in [5.74, 6) is 0. The molecule has 2 aliphatic rings. The summed E-state index contributed by atoms with van der Waals surface area (Å²) in [6.07, 6.45) is 5.22. The molecule has 0 aromatic heterocycles. The summed E-state index contributed by atoms with van der Waals surface area (Å²) < 4.78 is 5.79. The van der Waals surface area contributed by atoms with Crippen molar-refractivity contribution in [3.63, 3.8) is 0 Å². The molecule has 0 bridgehead atoms. The predicted molar refractivity (Wildman–Crippen MR) is 108 cm³/mol. The van der Waals surface area contributed by atoms with Crippen molar-refractivity contribution in [2.24, 2.45) is 0 Å². The summed E-state index contributed by atoms with van der Waals surface area (Å²) >= 11 is 0. The Labute approximate surface area is 151 Å². The maximum absolute atomic E-state index is 5.79. The van der Waals surface area contributed by atoms with E-state index < -0.39 is 0 Å². The second-order valence-corrected chi connectivity index (χ2v) is 10.7. The number of hydrogen-bond donors (Lipinski definition) is 0. The Kier molecular flexibility index (Phi) is 7.36. The Balaban J connectivity index is 0.000000249. The van der Waals surface area contributed by atoms with Gasteiger partial charge in [-0.2, -0.15) is 0 Å². The van der Waals surface area contributed by atoms with Gasteiger partial charge in [0.15, 0.2) is 0 Å². The topological polar surface area (TPSA) is 12.5 Å². The largest absolute Gasteiger partial charge is 0.372 e. The molecule has 1 radical (unpaired) electrons. The SMILES string of the molecule is C[Si]1CCCCC1.Cc1ccc(N2CC(C)OC(C)C2)c(C)c1C. The highest BCUT2D eigenvalue weighted by molar-refractivity contribution is 6.57. The van der Waals surface area contributed by atoms with Gasteiger partial charge in [-0.1, -0.05) is 44.0 Å². The Bertz CT molecular complexity index is 515. The molecule has 135 valence electrons. The summed E-state index contributed by atoms with van der Waals surface area (Å²) in [5, 5.41) is 0. The van der Waals surface area contributed by atoms with Crippen molar-refractivity contribution in [1.29, 1.82) is 0 Å². The molecular formula is C21H36NOSi. The van der Waals surface area contributed by atoms with E-state index in [1.165, 1.54) is 41.6 Å². The van der Waals surface area contributed by atoms with Crippen molar-refractivity contribution in [3.8, 4) is 0 Å². The monoisotopic (exact) mass is 346 g/mol. The highest BCUT2D eigenvalue weighted by Gasteiger charge is 2.23. The van der Waals surface area contributed by atoms with Crippen LogP contribution >= 0.6 is 0 Å². The maximum atomic E-state index is 5.79. The summed E-state index contributed by atoms with van der Waals surface area (Å²) in [6.45, 7) is 15.4. The van der Waals surface area contributed by atoms with Gasteiger partial charge >= 0.3 is 0 Å².